The molecule has 0 saturated carbocycles. The molecule has 0 bridgehead atoms. The molecule has 6 heteroatoms. The van der Waals surface area contributed by atoms with Crippen molar-refractivity contribution in [1.29, 1.82) is 0 Å². The average molecular weight is 372 g/mol. The number of aryl methyl sites for hydroxylation is 1. The van der Waals surface area contributed by atoms with Gasteiger partial charge in [0.1, 0.15) is 5.82 Å². The highest BCUT2D eigenvalue weighted by Crippen LogP contribution is 2.40. The van der Waals surface area contributed by atoms with Crippen LogP contribution in [0.1, 0.15) is 42.9 Å². The lowest BCUT2D eigenvalue weighted by molar-refractivity contribution is 0.396. The molecule has 5 nitrogen and oxygen atoms in total. The average Bonchev–Trinajstić information content (AvgIpc) is 3.34. The minimum absolute atomic E-state index is 0.134. The summed E-state index contributed by atoms with van der Waals surface area (Å²) in [5.41, 5.74) is 2.10. The van der Waals surface area contributed by atoms with Crippen LogP contribution in [-0.4, -0.2) is 37.3 Å². The number of hydrogen-bond donors (Lipinski definition) is 0. The molecule has 3 heterocycles. The van der Waals surface area contributed by atoms with Crippen LogP contribution in [-0.2, 0) is 10.0 Å². The molecule has 1 aromatic carbocycles. The van der Waals surface area contributed by atoms with Gasteiger partial charge < -0.3 is 4.90 Å². The summed E-state index contributed by atoms with van der Waals surface area (Å²) in [6.07, 6.45) is 5.88. The molecule has 2 aliphatic heterocycles. The molecule has 0 amide bonds. The van der Waals surface area contributed by atoms with Crippen molar-refractivity contribution in [1.82, 2.24) is 9.29 Å². The number of hydrogen-bond acceptors (Lipinski definition) is 4. The Morgan fingerprint density at radius 1 is 1.00 bits per heavy atom. The Bertz CT molecular complexity index is 874. The predicted molar refractivity (Wildman–Crippen MR) is 103 cm³/mol. The smallest absolute Gasteiger partial charge is 0.243 e. The summed E-state index contributed by atoms with van der Waals surface area (Å²) in [6.45, 7) is 4.53. The Hall–Kier alpha value is -1.92. The van der Waals surface area contributed by atoms with E-state index in [1.165, 1.54) is 12.8 Å². The molecule has 2 saturated heterocycles. The lowest BCUT2D eigenvalue weighted by atomic mass is 10.1. The van der Waals surface area contributed by atoms with Crippen molar-refractivity contribution in [3.05, 3.63) is 53.7 Å². The first kappa shape index (κ1) is 17.5. The van der Waals surface area contributed by atoms with Crippen LogP contribution >= 0.6 is 0 Å². The molecular weight excluding hydrogens is 346 g/mol. The minimum atomic E-state index is -3.51. The van der Waals surface area contributed by atoms with Crippen molar-refractivity contribution in [2.24, 2.45) is 0 Å². The second kappa shape index (κ2) is 7.00. The molecule has 0 unspecified atom stereocenters. The first-order chi connectivity index (χ1) is 12.6. The van der Waals surface area contributed by atoms with Crippen LogP contribution < -0.4 is 4.90 Å². The minimum Gasteiger partial charge on any atom is -0.356 e. The normalized spacial score (nSPS) is 21.4. The largest absolute Gasteiger partial charge is 0.356 e. The topological polar surface area (TPSA) is 53.5 Å². The molecule has 1 atom stereocenters. The molecule has 4 rings (SSSR count). The van der Waals surface area contributed by atoms with Gasteiger partial charge in [-0.25, -0.2) is 13.4 Å². The van der Waals surface area contributed by atoms with Crippen LogP contribution in [0.4, 0.5) is 5.82 Å². The molecule has 0 radical (unpaired) electrons. The molecule has 2 aromatic rings. The van der Waals surface area contributed by atoms with E-state index in [4.69, 9.17) is 0 Å². The van der Waals surface area contributed by atoms with Crippen LogP contribution in [0.3, 0.4) is 0 Å². The van der Waals surface area contributed by atoms with Crippen LogP contribution in [0.15, 0.2) is 47.5 Å². The van der Waals surface area contributed by atoms with Gasteiger partial charge in [-0.05, 0) is 50.8 Å². The van der Waals surface area contributed by atoms with E-state index in [2.05, 4.69) is 9.88 Å². The van der Waals surface area contributed by atoms with Gasteiger partial charge in [0.15, 0.2) is 0 Å². The number of pyridine rings is 1. The number of rotatable bonds is 4. The highest BCUT2D eigenvalue weighted by molar-refractivity contribution is 7.89. The first-order valence-electron chi connectivity index (χ1n) is 9.36. The van der Waals surface area contributed by atoms with Crippen molar-refractivity contribution in [3.63, 3.8) is 0 Å². The fourth-order valence-electron chi connectivity index (χ4n) is 4.05. The van der Waals surface area contributed by atoms with E-state index < -0.39 is 10.0 Å². The van der Waals surface area contributed by atoms with E-state index >= 15 is 0 Å². The third-order valence-electron chi connectivity index (χ3n) is 5.41. The highest BCUT2D eigenvalue weighted by Gasteiger charge is 2.38. The van der Waals surface area contributed by atoms with E-state index in [0.717, 1.165) is 42.9 Å². The number of benzene rings is 1. The molecule has 1 aromatic heterocycles. The predicted octanol–water partition coefficient (Wildman–Crippen LogP) is 3.52. The van der Waals surface area contributed by atoms with Crippen LogP contribution in [0.5, 0.6) is 0 Å². The maximum atomic E-state index is 13.3. The summed E-state index contributed by atoms with van der Waals surface area (Å²) in [5, 5.41) is 0. The molecule has 138 valence electrons. The Morgan fingerprint density at radius 3 is 2.46 bits per heavy atom. The Labute approximate surface area is 155 Å². The summed E-state index contributed by atoms with van der Waals surface area (Å²) in [4.78, 5) is 7.28. The van der Waals surface area contributed by atoms with Gasteiger partial charge in [0.25, 0.3) is 0 Å². The maximum Gasteiger partial charge on any atom is 0.243 e. The number of sulfonamides is 1. The number of anilines is 1. The van der Waals surface area contributed by atoms with Crippen molar-refractivity contribution >= 4 is 15.8 Å². The van der Waals surface area contributed by atoms with Crippen LogP contribution in [0.25, 0.3) is 0 Å². The fourth-order valence-corrected chi connectivity index (χ4v) is 5.72. The Kier molecular flexibility index (Phi) is 4.71. The molecule has 2 aliphatic rings. The van der Waals surface area contributed by atoms with E-state index in [-0.39, 0.29) is 6.04 Å². The fraction of sp³-hybridized carbons (Fsp3) is 0.450. The van der Waals surface area contributed by atoms with E-state index in [1.54, 1.807) is 16.4 Å². The van der Waals surface area contributed by atoms with Crippen LogP contribution in [0, 0.1) is 6.92 Å². The number of aromatic nitrogens is 1. The van der Waals surface area contributed by atoms with Crippen LogP contribution in [0.2, 0.25) is 0 Å². The summed E-state index contributed by atoms with van der Waals surface area (Å²) in [6, 6.07) is 11.0. The number of nitrogens with zero attached hydrogens (tertiary/aromatic N) is 3. The zero-order chi connectivity index (χ0) is 18.1. The first-order valence-corrected chi connectivity index (χ1v) is 10.8. The standard InChI is InChI=1S/C20H25N3O2S/c1-16-8-10-17(11-9-16)26(24,25)23-15-5-7-19(23)18-6-4-12-21-20(18)22-13-2-3-14-22/h4,6,8-12,19H,2-3,5,7,13-15H2,1H3/t19-/m1/s1. The molecular formula is C20H25N3O2S. The molecule has 0 aliphatic carbocycles. The van der Waals surface area contributed by atoms with Gasteiger partial charge in [-0.15, -0.1) is 0 Å². The van der Waals surface area contributed by atoms with Gasteiger partial charge in [0, 0.05) is 31.4 Å². The third-order valence-corrected chi connectivity index (χ3v) is 7.34. The van der Waals surface area contributed by atoms with E-state index in [9.17, 15) is 8.42 Å². The van der Waals surface area contributed by atoms with E-state index in [0.29, 0.717) is 11.4 Å². The zero-order valence-corrected chi connectivity index (χ0v) is 16.0. The second-order valence-corrected chi connectivity index (χ2v) is 9.09. The maximum absolute atomic E-state index is 13.3. The lowest BCUT2D eigenvalue weighted by Gasteiger charge is -2.28. The summed E-state index contributed by atoms with van der Waals surface area (Å²) in [5.74, 6) is 0.959. The van der Waals surface area contributed by atoms with Gasteiger partial charge in [-0.1, -0.05) is 23.8 Å². The Morgan fingerprint density at radius 2 is 1.73 bits per heavy atom. The van der Waals surface area contributed by atoms with Crippen molar-refractivity contribution in [3.8, 4) is 0 Å². The van der Waals surface area contributed by atoms with Gasteiger partial charge in [0.05, 0.1) is 10.9 Å². The van der Waals surface area contributed by atoms with Crippen molar-refractivity contribution in [2.75, 3.05) is 24.5 Å². The third kappa shape index (κ3) is 3.12. The van der Waals surface area contributed by atoms with Gasteiger partial charge >= 0.3 is 0 Å². The molecule has 0 spiro atoms. The zero-order valence-electron chi connectivity index (χ0n) is 15.1. The summed E-state index contributed by atoms with van der Waals surface area (Å²) >= 11 is 0. The van der Waals surface area contributed by atoms with Crippen molar-refractivity contribution in [2.45, 2.75) is 43.5 Å². The lowest BCUT2D eigenvalue weighted by Crippen LogP contribution is -2.32. The van der Waals surface area contributed by atoms with Gasteiger partial charge in [-0.2, -0.15) is 4.31 Å². The molecule has 0 N–H and O–H groups in total. The quantitative estimate of drug-likeness (QED) is 0.825. The summed E-state index contributed by atoms with van der Waals surface area (Å²) in [7, 11) is -3.51. The van der Waals surface area contributed by atoms with Gasteiger partial charge in [0.2, 0.25) is 10.0 Å². The molecule has 2 fully saturated rings. The Balaban J connectivity index is 1.70. The van der Waals surface area contributed by atoms with Gasteiger partial charge in [-0.3, -0.25) is 0 Å². The summed E-state index contributed by atoms with van der Waals surface area (Å²) < 4.78 is 28.2. The monoisotopic (exact) mass is 371 g/mol. The SMILES string of the molecule is Cc1ccc(S(=O)(=O)N2CCC[C@@H]2c2cccnc2N2CCCC2)cc1. The highest BCUT2D eigenvalue weighted by atomic mass is 32.2. The second-order valence-electron chi connectivity index (χ2n) is 7.20. The van der Waals surface area contributed by atoms with E-state index in [1.807, 2.05) is 37.4 Å². The molecule has 26 heavy (non-hydrogen) atoms. The van der Waals surface area contributed by atoms with Crippen molar-refractivity contribution < 1.29 is 8.42 Å².